The van der Waals surface area contributed by atoms with Crippen LogP contribution in [0.5, 0.6) is 0 Å². The zero-order valence-corrected chi connectivity index (χ0v) is 12.1. The summed E-state index contributed by atoms with van der Waals surface area (Å²) in [6.45, 7) is 4.05. The number of rotatable bonds is 3. The van der Waals surface area contributed by atoms with Crippen LogP contribution in [0.25, 0.3) is 0 Å². The fourth-order valence-corrected chi connectivity index (χ4v) is 3.58. The number of hydrogen-bond donors (Lipinski definition) is 1. The molecular weight excluding hydrogens is 278 g/mol. The summed E-state index contributed by atoms with van der Waals surface area (Å²) >= 11 is 7.74. The quantitative estimate of drug-likeness (QED) is 0.943. The highest BCUT2D eigenvalue weighted by Crippen LogP contribution is 2.27. The van der Waals surface area contributed by atoms with Crippen LogP contribution in [0.1, 0.15) is 16.5 Å². The summed E-state index contributed by atoms with van der Waals surface area (Å²) in [6.07, 6.45) is 3.73. The van der Waals surface area contributed by atoms with Gasteiger partial charge < -0.3 is 5.32 Å². The van der Waals surface area contributed by atoms with Gasteiger partial charge in [0, 0.05) is 54.9 Å². The van der Waals surface area contributed by atoms with E-state index in [-0.39, 0.29) is 0 Å². The van der Waals surface area contributed by atoms with Gasteiger partial charge in [0.15, 0.2) is 0 Å². The Kier molecular flexibility index (Phi) is 4.13. The molecule has 1 atom stereocenters. The van der Waals surface area contributed by atoms with E-state index in [9.17, 15) is 0 Å². The summed E-state index contributed by atoms with van der Waals surface area (Å²) in [6, 6.07) is 6.69. The Balaban J connectivity index is 1.77. The van der Waals surface area contributed by atoms with E-state index in [0.29, 0.717) is 6.04 Å². The van der Waals surface area contributed by atoms with E-state index < -0.39 is 0 Å². The maximum Gasteiger partial charge on any atom is 0.0516 e. The van der Waals surface area contributed by atoms with Crippen LogP contribution < -0.4 is 5.32 Å². The zero-order valence-electron chi connectivity index (χ0n) is 10.6. The lowest BCUT2D eigenvalue weighted by molar-refractivity contribution is 0.155. The molecule has 2 aromatic heterocycles. The first-order chi connectivity index (χ1) is 9.33. The predicted molar refractivity (Wildman–Crippen MR) is 79.6 cm³/mol. The molecule has 1 fully saturated rings. The monoisotopic (exact) mass is 293 g/mol. The van der Waals surface area contributed by atoms with Gasteiger partial charge in [0.1, 0.15) is 0 Å². The van der Waals surface area contributed by atoms with Crippen molar-refractivity contribution in [1.29, 1.82) is 0 Å². The summed E-state index contributed by atoms with van der Waals surface area (Å²) in [5.41, 5.74) is 1.32. The second-order valence-electron chi connectivity index (χ2n) is 4.70. The molecule has 0 bridgehead atoms. The van der Waals surface area contributed by atoms with Crippen LogP contribution in [0.4, 0.5) is 0 Å². The zero-order chi connectivity index (χ0) is 13.1. The first kappa shape index (κ1) is 13.1. The van der Waals surface area contributed by atoms with Crippen LogP contribution in [0.3, 0.4) is 0 Å². The van der Waals surface area contributed by atoms with Gasteiger partial charge in [0.2, 0.25) is 0 Å². The van der Waals surface area contributed by atoms with Crippen LogP contribution in [0.15, 0.2) is 36.0 Å². The fraction of sp³-hybridized carbons (Fsp3) is 0.357. The van der Waals surface area contributed by atoms with E-state index in [2.05, 4.69) is 33.4 Å². The number of nitrogens with zero attached hydrogens (tertiary/aromatic N) is 2. The first-order valence-electron chi connectivity index (χ1n) is 6.40. The molecule has 1 unspecified atom stereocenters. The van der Waals surface area contributed by atoms with Gasteiger partial charge in [-0.05, 0) is 23.8 Å². The summed E-state index contributed by atoms with van der Waals surface area (Å²) in [4.78, 5) is 7.93. The predicted octanol–water partition coefficient (Wildman–Crippen LogP) is 2.94. The van der Waals surface area contributed by atoms with E-state index in [1.807, 2.05) is 17.8 Å². The molecule has 3 nitrogen and oxygen atoms in total. The molecule has 5 heteroatoms. The summed E-state index contributed by atoms with van der Waals surface area (Å²) in [5, 5.41) is 6.31. The van der Waals surface area contributed by atoms with Crippen LogP contribution >= 0.6 is 22.9 Å². The average Bonchev–Trinajstić information content (AvgIpc) is 2.86. The number of piperazine rings is 1. The molecule has 1 aliphatic rings. The van der Waals surface area contributed by atoms with E-state index in [1.54, 1.807) is 11.3 Å². The molecule has 1 saturated heterocycles. The van der Waals surface area contributed by atoms with Gasteiger partial charge in [0.05, 0.1) is 5.02 Å². The number of pyridine rings is 1. The molecule has 2 aromatic rings. The molecule has 100 valence electrons. The number of aromatic nitrogens is 1. The van der Waals surface area contributed by atoms with Crippen molar-refractivity contribution in [2.75, 3.05) is 19.6 Å². The summed E-state index contributed by atoms with van der Waals surface area (Å²) in [7, 11) is 0. The highest BCUT2D eigenvalue weighted by atomic mass is 35.5. The maximum absolute atomic E-state index is 6.00. The topological polar surface area (TPSA) is 28.2 Å². The third-order valence-corrected chi connectivity index (χ3v) is 4.69. The maximum atomic E-state index is 6.00. The lowest BCUT2D eigenvalue weighted by atomic mass is 10.0. The van der Waals surface area contributed by atoms with E-state index in [0.717, 1.165) is 31.2 Å². The molecule has 19 heavy (non-hydrogen) atoms. The minimum absolute atomic E-state index is 0.414. The highest BCUT2D eigenvalue weighted by Gasteiger charge is 2.23. The van der Waals surface area contributed by atoms with Gasteiger partial charge in [-0.1, -0.05) is 11.6 Å². The number of thiophene rings is 1. The first-order valence-corrected chi connectivity index (χ1v) is 7.66. The van der Waals surface area contributed by atoms with Crippen molar-refractivity contribution in [2.24, 2.45) is 0 Å². The molecule has 0 aromatic carbocycles. The fourth-order valence-electron chi connectivity index (χ4n) is 2.49. The van der Waals surface area contributed by atoms with Crippen molar-refractivity contribution in [1.82, 2.24) is 15.2 Å². The summed E-state index contributed by atoms with van der Waals surface area (Å²) < 4.78 is 0. The Morgan fingerprint density at radius 1 is 1.42 bits per heavy atom. The number of hydrogen-bond acceptors (Lipinski definition) is 4. The van der Waals surface area contributed by atoms with Crippen LogP contribution in [0, 0.1) is 0 Å². The van der Waals surface area contributed by atoms with Crippen molar-refractivity contribution in [3.8, 4) is 0 Å². The average molecular weight is 294 g/mol. The van der Waals surface area contributed by atoms with Crippen molar-refractivity contribution in [2.45, 2.75) is 12.6 Å². The van der Waals surface area contributed by atoms with Gasteiger partial charge >= 0.3 is 0 Å². The largest absolute Gasteiger partial charge is 0.314 e. The molecule has 3 rings (SSSR count). The van der Waals surface area contributed by atoms with Gasteiger partial charge in [0.25, 0.3) is 0 Å². The normalized spacial score (nSPS) is 20.6. The Morgan fingerprint density at radius 3 is 3.00 bits per heavy atom. The molecule has 0 aliphatic carbocycles. The van der Waals surface area contributed by atoms with E-state index in [1.165, 1.54) is 10.4 Å². The Bertz CT molecular complexity index is 528. The van der Waals surface area contributed by atoms with Crippen molar-refractivity contribution in [3.63, 3.8) is 0 Å². The van der Waals surface area contributed by atoms with Crippen LogP contribution in [0.2, 0.25) is 5.02 Å². The molecule has 1 N–H and O–H groups in total. The number of halogens is 1. The minimum atomic E-state index is 0.414. The third kappa shape index (κ3) is 3.15. The molecule has 3 heterocycles. The smallest absolute Gasteiger partial charge is 0.0516 e. The summed E-state index contributed by atoms with van der Waals surface area (Å²) in [5.74, 6) is 0. The van der Waals surface area contributed by atoms with Gasteiger partial charge in [-0.15, -0.1) is 11.3 Å². The molecule has 0 saturated carbocycles. The molecule has 0 radical (unpaired) electrons. The molecule has 1 aliphatic heterocycles. The van der Waals surface area contributed by atoms with Crippen molar-refractivity contribution >= 4 is 22.9 Å². The second kappa shape index (κ2) is 6.01. The Hall–Kier alpha value is -0.940. The van der Waals surface area contributed by atoms with E-state index in [4.69, 9.17) is 11.6 Å². The van der Waals surface area contributed by atoms with Crippen LogP contribution in [-0.4, -0.2) is 29.5 Å². The molecular formula is C14H16ClN3S. The minimum Gasteiger partial charge on any atom is -0.314 e. The van der Waals surface area contributed by atoms with Crippen molar-refractivity contribution < 1.29 is 0 Å². The third-order valence-electron chi connectivity index (χ3n) is 3.43. The Morgan fingerprint density at radius 2 is 2.26 bits per heavy atom. The molecule has 0 spiro atoms. The SMILES string of the molecule is Clc1csc(CN2CCNCC2c2ccncc2)c1. The van der Waals surface area contributed by atoms with E-state index >= 15 is 0 Å². The van der Waals surface area contributed by atoms with Crippen molar-refractivity contribution in [3.05, 3.63) is 51.4 Å². The lowest BCUT2D eigenvalue weighted by Gasteiger charge is -2.36. The standard InChI is InChI=1S/C14H16ClN3S/c15-12-7-13(19-10-12)9-18-6-5-17-8-14(18)11-1-3-16-4-2-11/h1-4,7,10,14,17H,5-6,8-9H2. The number of nitrogens with one attached hydrogen (secondary N) is 1. The van der Waals surface area contributed by atoms with Gasteiger partial charge in [-0.3, -0.25) is 9.88 Å². The molecule has 0 amide bonds. The highest BCUT2D eigenvalue weighted by molar-refractivity contribution is 7.10. The van der Waals surface area contributed by atoms with Crippen LogP contribution in [-0.2, 0) is 6.54 Å². The van der Waals surface area contributed by atoms with Gasteiger partial charge in [-0.25, -0.2) is 0 Å². The lowest BCUT2D eigenvalue weighted by Crippen LogP contribution is -2.45. The Labute approximate surface area is 122 Å². The van der Waals surface area contributed by atoms with Gasteiger partial charge in [-0.2, -0.15) is 0 Å². The second-order valence-corrected chi connectivity index (χ2v) is 6.13.